The summed E-state index contributed by atoms with van der Waals surface area (Å²) in [4.78, 5) is 7.44. The highest BCUT2D eigenvalue weighted by molar-refractivity contribution is 4.70. The lowest BCUT2D eigenvalue weighted by molar-refractivity contribution is 1.20. The van der Waals surface area contributed by atoms with E-state index in [-0.39, 0.29) is 22.3 Å². The molecule has 1 rings (SSSR count). The number of nitrogens with zero attached hydrogens (tertiary/aromatic N) is 2. The van der Waals surface area contributed by atoms with Crippen LogP contribution in [-0.2, 0) is 0 Å². The number of hydrogen-bond donors (Lipinski definition) is 0. The summed E-state index contributed by atoms with van der Waals surface area (Å²) in [6, 6.07) is 0. The summed E-state index contributed by atoms with van der Waals surface area (Å²) in [6.45, 7) is 0. The van der Waals surface area contributed by atoms with Gasteiger partial charge in [0.25, 0.3) is 0 Å². The van der Waals surface area contributed by atoms with Crippen LogP contribution in [0.2, 0.25) is 0 Å². The molecule has 0 saturated heterocycles. The lowest BCUT2D eigenvalue weighted by atomic mass is 10.8. The Hall–Kier alpha value is -0.920. The van der Waals surface area contributed by atoms with Crippen LogP contribution in [-0.4, -0.2) is 9.97 Å². The number of aromatic nitrogens is 2. The Morgan fingerprint density at radius 1 is 0.556 bits per heavy atom. The molecule has 9 heavy (non-hydrogen) atoms. The predicted octanol–water partition coefficient (Wildman–Crippen LogP) is 2.38. The highest BCUT2D eigenvalue weighted by atomic mass is 14.7. The van der Waals surface area contributed by atoms with Gasteiger partial charge in [-0.2, -0.15) is 0 Å². The normalized spacial score (nSPS) is 5.33. The van der Waals surface area contributed by atoms with Crippen molar-refractivity contribution in [1.82, 2.24) is 9.97 Å². The first-order valence-corrected chi connectivity index (χ1v) is 1.70. The van der Waals surface area contributed by atoms with Crippen LogP contribution in [0.15, 0.2) is 24.8 Å². The van der Waals surface area contributed by atoms with Crippen LogP contribution >= 0.6 is 0 Å². The minimum absolute atomic E-state index is 0. The lowest BCUT2D eigenvalue weighted by Crippen LogP contribution is -1.66. The molecule has 0 aliphatic carbocycles. The van der Waals surface area contributed by atoms with Crippen molar-refractivity contribution in [3.63, 3.8) is 0 Å². The zero-order valence-electron chi connectivity index (χ0n) is 3.20. The second kappa shape index (κ2) is 10.1. The molecule has 1 aromatic heterocycles. The SMILES string of the molecule is C.C.C.c1cnccn1. The van der Waals surface area contributed by atoms with Gasteiger partial charge >= 0.3 is 0 Å². The van der Waals surface area contributed by atoms with Gasteiger partial charge in [-0.05, 0) is 0 Å². The Balaban J connectivity index is -0.000000120. The summed E-state index contributed by atoms with van der Waals surface area (Å²) in [5.74, 6) is 0. The van der Waals surface area contributed by atoms with Crippen molar-refractivity contribution in [3.8, 4) is 0 Å². The molecule has 2 nitrogen and oxygen atoms in total. The molecule has 2 heteroatoms. The largest absolute Gasteiger partial charge is 0.262 e. The fraction of sp³-hybridized carbons (Fsp3) is 0.429. The number of hydrogen-bond acceptors (Lipinski definition) is 2. The van der Waals surface area contributed by atoms with E-state index in [9.17, 15) is 0 Å². The predicted molar refractivity (Wildman–Crippen MR) is 42.2 cm³/mol. The molecular weight excluding hydrogens is 112 g/mol. The van der Waals surface area contributed by atoms with Gasteiger partial charge in [0.05, 0.1) is 0 Å². The second-order valence-electron chi connectivity index (χ2n) is 0.894. The molecule has 54 valence electrons. The Bertz CT molecular complexity index is 78.8. The Morgan fingerprint density at radius 3 is 0.889 bits per heavy atom. The summed E-state index contributed by atoms with van der Waals surface area (Å²) < 4.78 is 0. The molecule has 1 aromatic rings. The van der Waals surface area contributed by atoms with Gasteiger partial charge in [0.2, 0.25) is 0 Å². The van der Waals surface area contributed by atoms with Gasteiger partial charge in [0, 0.05) is 24.8 Å². The van der Waals surface area contributed by atoms with Gasteiger partial charge in [-0.1, -0.05) is 22.3 Å². The molecule has 0 N–H and O–H groups in total. The standard InChI is InChI=1S/C4H4N2.3CH4/c1-2-6-4-3-5-1;;;/h1-4H;3*1H4. The van der Waals surface area contributed by atoms with Crippen LogP contribution in [0.3, 0.4) is 0 Å². The van der Waals surface area contributed by atoms with Crippen LogP contribution in [0.1, 0.15) is 22.3 Å². The molecule has 0 unspecified atom stereocenters. The molecule has 0 atom stereocenters. The molecule has 0 aromatic carbocycles. The quantitative estimate of drug-likeness (QED) is 0.536. The number of rotatable bonds is 0. The molecule has 0 radical (unpaired) electrons. The highest BCUT2D eigenvalue weighted by Crippen LogP contribution is 1.65. The average Bonchev–Trinajstić information content (AvgIpc) is 1.72. The van der Waals surface area contributed by atoms with E-state index in [0.29, 0.717) is 0 Å². The van der Waals surface area contributed by atoms with Crippen LogP contribution < -0.4 is 0 Å². The zero-order valence-corrected chi connectivity index (χ0v) is 3.20. The third-order valence-electron chi connectivity index (χ3n) is 0.478. The molecule has 0 fully saturated rings. The average molecular weight is 128 g/mol. The first-order chi connectivity index (χ1) is 3.00. The maximum Gasteiger partial charge on any atom is 0.0451 e. The first-order valence-electron chi connectivity index (χ1n) is 1.70. The van der Waals surface area contributed by atoms with Crippen LogP contribution in [0.25, 0.3) is 0 Å². The van der Waals surface area contributed by atoms with Gasteiger partial charge in [-0.25, -0.2) is 0 Å². The van der Waals surface area contributed by atoms with Crippen molar-refractivity contribution < 1.29 is 0 Å². The molecule has 0 aliphatic rings. The highest BCUT2D eigenvalue weighted by Gasteiger charge is 1.59. The van der Waals surface area contributed by atoms with E-state index >= 15 is 0 Å². The van der Waals surface area contributed by atoms with Gasteiger partial charge < -0.3 is 0 Å². The molecule has 1 heterocycles. The van der Waals surface area contributed by atoms with E-state index in [1.54, 1.807) is 24.8 Å². The van der Waals surface area contributed by atoms with E-state index in [2.05, 4.69) is 9.97 Å². The summed E-state index contributed by atoms with van der Waals surface area (Å²) in [5.41, 5.74) is 0. The summed E-state index contributed by atoms with van der Waals surface area (Å²) >= 11 is 0. The Kier molecular flexibility index (Phi) is 17.7. The van der Waals surface area contributed by atoms with Crippen LogP contribution in [0.4, 0.5) is 0 Å². The van der Waals surface area contributed by atoms with Crippen molar-refractivity contribution >= 4 is 0 Å². The fourth-order valence-corrected chi connectivity index (χ4v) is 0.253. The van der Waals surface area contributed by atoms with Crippen LogP contribution in [0, 0.1) is 0 Å². The molecule has 0 bridgehead atoms. The minimum Gasteiger partial charge on any atom is -0.262 e. The van der Waals surface area contributed by atoms with Crippen molar-refractivity contribution in [3.05, 3.63) is 24.8 Å². The van der Waals surface area contributed by atoms with Gasteiger partial charge in [-0.3, -0.25) is 9.97 Å². The van der Waals surface area contributed by atoms with Gasteiger partial charge in [-0.15, -0.1) is 0 Å². The summed E-state index contributed by atoms with van der Waals surface area (Å²) in [5, 5.41) is 0. The molecular formula is C7H16N2. The third kappa shape index (κ3) is 7.08. The van der Waals surface area contributed by atoms with E-state index in [0.717, 1.165) is 0 Å². The summed E-state index contributed by atoms with van der Waals surface area (Å²) in [6.07, 6.45) is 6.56. The molecule has 0 saturated carbocycles. The molecule has 0 aliphatic heterocycles. The second-order valence-corrected chi connectivity index (χ2v) is 0.894. The van der Waals surface area contributed by atoms with E-state index in [1.807, 2.05) is 0 Å². The lowest BCUT2D eigenvalue weighted by Gasteiger charge is -1.70. The topological polar surface area (TPSA) is 25.8 Å². The maximum absolute atomic E-state index is 3.72. The Labute approximate surface area is 58.0 Å². The smallest absolute Gasteiger partial charge is 0.0451 e. The summed E-state index contributed by atoms with van der Waals surface area (Å²) in [7, 11) is 0. The third-order valence-corrected chi connectivity index (χ3v) is 0.478. The van der Waals surface area contributed by atoms with E-state index < -0.39 is 0 Å². The molecule has 0 spiro atoms. The van der Waals surface area contributed by atoms with Crippen molar-refractivity contribution in [1.29, 1.82) is 0 Å². The first kappa shape index (κ1) is 15.7. The van der Waals surface area contributed by atoms with Crippen molar-refractivity contribution in [2.45, 2.75) is 22.3 Å². The van der Waals surface area contributed by atoms with Gasteiger partial charge in [0.15, 0.2) is 0 Å². The van der Waals surface area contributed by atoms with Gasteiger partial charge in [0.1, 0.15) is 0 Å². The van der Waals surface area contributed by atoms with E-state index in [1.165, 1.54) is 0 Å². The molecule has 0 amide bonds. The monoisotopic (exact) mass is 128 g/mol. The Morgan fingerprint density at radius 2 is 0.778 bits per heavy atom. The fourth-order valence-electron chi connectivity index (χ4n) is 0.253. The van der Waals surface area contributed by atoms with Crippen LogP contribution in [0.5, 0.6) is 0 Å². The van der Waals surface area contributed by atoms with E-state index in [4.69, 9.17) is 0 Å². The minimum atomic E-state index is 0. The maximum atomic E-state index is 3.72. The van der Waals surface area contributed by atoms with Crippen molar-refractivity contribution in [2.24, 2.45) is 0 Å². The zero-order chi connectivity index (χ0) is 4.24. The van der Waals surface area contributed by atoms with Crippen molar-refractivity contribution in [2.75, 3.05) is 0 Å².